The van der Waals surface area contributed by atoms with Gasteiger partial charge in [-0.25, -0.2) is 0 Å². The average molecular weight is 286 g/mol. The standard InChI is InChI=1S/C17H18O4/c1-13(15-4-8-17(9-5-15)21-12-19)10-14-2-6-16(7-3-14)20-11-18/h2-10,18-19H,11-12H2,1H3. The number of aliphatic hydroxyl groups is 2. The van der Waals surface area contributed by atoms with Crippen molar-refractivity contribution in [2.45, 2.75) is 6.92 Å². The molecule has 0 unspecified atom stereocenters. The minimum atomic E-state index is -0.323. The molecule has 0 aliphatic rings. The highest BCUT2D eigenvalue weighted by atomic mass is 16.6. The molecule has 2 rings (SSSR count). The van der Waals surface area contributed by atoms with Gasteiger partial charge >= 0.3 is 0 Å². The summed E-state index contributed by atoms with van der Waals surface area (Å²) in [6, 6.07) is 15.0. The van der Waals surface area contributed by atoms with Crippen molar-refractivity contribution in [1.82, 2.24) is 0 Å². The maximum Gasteiger partial charge on any atom is 0.186 e. The summed E-state index contributed by atoms with van der Waals surface area (Å²) >= 11 is 0. The van der Waals surface area contributed by atoms with Gasteiger partial charge in [0.25, 0.3) is 0 Å². The molecule has 4 nitrogen and oxygen atoms in total. The van der Waals surface area contributed by atoms with Crippen LogP contribution in [0.5, 0.6) is 11.5 Å². The highest BCUT2D eigenvalue weighted by molar-refractivity contribution is 5.80. The van der Waals surface area contributed by atoms with Gasteiger partial charge in [-0.3, -0.25) is 0 Å². The van der Waals surface area contributed by atoms with Crippen LogP contribution in [0.15, 0.2) is 48.5 Å². The third-order valence-corrected chi connectivity index (χ3v) is 3.04. The Hall–Kier alpha value is -2.30. The Balaban J connectivity index is 2.12. The molecule has 4 heteroatoms. The molecule has 0 bridgehead atoms. The molecule has 110 valence electrons. The number of ether oxygens (including phenoxy) is 2. The van der Waals surface area contributed by atoms with Crippen LogP contribution in [0.1, 0.15) is 18.1 Å². The van der Waals surface area contributed by atoms with E-state index in [9.17, 15) is 0 Å². The average Bonchev–Trinajstić information content (AvgIpc) is 2.50. The molecule has 0 aliphatic heterocycles. The maximum atomic E-state index is 8.69. The van der Waals surface area contributed by atoms with Crippen molar-refractivity contribution >= 4 is 11.6 Å². The highest BCUT2D eigenvalue weighted by Crippen LogP contribution is 2.22. The van der Waals surface area contributed by atoms with Crippen LogP contribution in [0.3, 0.4) is 0 Å². The van der Waals surface area contributed by atoms with E-state index >= 15 is 0 Å². The van der Waals surface area contributed by atoms with E-state index < -0.39 is 0 Å². The van der Waals surface area contributed by atoms with Gasteiger partial charge in [-0.2, -0.15) is 0 Å². The molecule has 0 atom stereocenters. The molecule has 2 N–H and O–H groups in total. The highest BCUT2D eigenvalue weighted by Gasteiger charge is 1.99. The number of rotatable bonds is 6. The molecule has 0 aromatic heterocycles. The molecule has 2 aromatic rings. The Morgan fingerprint density at radius 1 is 0.857 bits per heavy atom. The SMILES string of the molecule is CC(=Cc1ccc(OCO)cc1)c1ccc(OCO)cc1. The molecular formula is C17H18O4. The fourth-order valence-electron chi connectivity index (χ4n) is 1.96. The van der Waals surface area contributed by atoms with Crippen LogP contribution < -0.4 is 9.47 Å². The lowest BCUT2D eigenvalue weighted by molar-refractivity contribution is 0.0981. The van der Waals surface area contributed by atoms with Gasteiger partial charge in [-0.05, 0) is 47.9 Å². The van der Waals surface area contributed by atoms with E-state index in [2.05, 4.69) is 6.08 Å². The third kappa shape index (κ3) is 4.34. The first kappa shape index (κ1) is 15.1. The van der Waals surface area contributed by atoms with E-state index in [1.165, 1.54) is 0 Å². The predicted molar refractivity (Wildman–Crippen MR) is 81.9 cm³/mol. The van der Waals surface area contributed by atoms with Gasteiger partial charge in [0.15, 0.2) is 13.6 Å². The van der Waals surface area contributed by atoms with Gasteiger partial charge in [0, 0.05) is 0 Å². The summed E-state index contributed by atoms with van der Waals surface area (Å²) in [5.74, 6) is 1.28. The first-order chi connectivity index (χ1) is 10.2. The second kappa shape index (κ2) is 7.47. The number of hydrogen-bond acceptors (Lipinski definition) is 4. The van der Waals surface area contributed by atoms with Crippen molar-refractivity contribution < 1.29 is 19.7 Å². The summed E-state index contributed by atoms with van der Waals surface area (Å²) < 4.78 is 9.98. The monoisotopic (exact) mass is 286 g/mol. The quantitative estimate of drug-likeness (QED) is 0.633. The van der Waals surface area contributed by atoms with Crippen molar-refractivity contribution in [3.63, 3.8) is 0 Å². The molecule has 2 aromatic carbocycles. The fraction of sp³-hybridized carbons (Fsp3) is 0.176. The Labute approximate surface area is 123 Å². The Kier molecular flexibility index (Phi) is 5.37. The van der Waals surface area contributed by atoms with Crippen molar-refractivity contribution in [1.29, 1.82) is 0 Å². The van der Waals surface area contributed by atoms with E-state index in [4.69, 9.17) is 19.7 Å². The molecule has 0 spiro atoms. The Morgan fingerprint density at radius 3 is 1.81 bits per heavy atom. The van der Waals surface area contributed by atoms with Gasteiger partial charge in [-0.1, -0.05) is 30.3 Å². The van der Waals surface area contributed by atoms with Gasteiger partial charge in [0.1, 0.15) is 11.5 Å². The first-order valence-corrected chi connectivity index (χ1v) is 6.59. The lowest BCUT2D eigenvalue weighted by Gasteiger charge is -2.06. The van der Waals surface area contributed by atoms with E-state index in [1.54, 1.807) is 0 Å². The van der Waals surface area contributed by atoms with E-state index in [0.717, 1.165) is 16.7 Å². The lowest BCUT2D eigenvalue weighted by Crippen LogP contribution is -1.94. The van der Waals surface area contributed by atoms with Crippen molar-refractivity contribution in [2.75, 3.05) is 13.6 Å². The van der Waals surface area contributed by atoms with Crippen LogP contribution in [0.2, 0.25) is 0 Å². The minimum Gasteiger partial charge on any atom is -0.468 e. The zero-order valence-electron chi connectivity index (χ0n) is 11.8. The summed E-state index contributed by atoms with van der Waals surface area (Å²) in [6.07, 6.45) is 2.06. The molecule has 0 saturated heterocycles. The van der Waals surface area contributed by atoms with E-state index in [-0.39, 0.29) is 13.6 Å². The van der Waals surface area contributed by atoms with Gasteiger partial charge < -0.3 is 19.7 Å². The van der Waals surface area contributed by atoms with Crippen LogP contribution in [-0.2, 0) is 0 Å². The second-order valence-electron chi connectivity index (χ2n) is 4.47. The third-order valence-electron chi connectivity index (χ3n) is 3.04. The zero-order valence-corrected chi connectivity index (χ0v) is 11.8. The van der Waals surface area contributed by atoms with Crippen molar-refractivity contribution in [3.8, 4) is 11.5 Å². The number of hydrogen-bond donors (Lipinski definition) is 2. The van der Waals surface area contributed by atoms with Gasteiger partial charge in [0.2, 0.25) is 0 Å². The topological polar surface area (TPSA) is 58.9 Å². The van der Waals surface area contributed by atoms with Crippen LogP contribution in [0.25, 0.3) is 11.6 Å². The van der Waals surface area contributed by atoms with Crippen LogP contribution in [-0.4, -0.2) is 23.8 Å². The largest absolute Gasteiger partial charge is 0.468 e. The molecule has 0 heterocycles. The second-order valence-corrected chi connectivity index (χ2v) is 4.47. The van der Waals surface area contributed by atoms with E-state index in [0.29, 0.717) is 11.5 Å². The summed E-state index contributed by atoms with van der Waals surface area (Å²) in [5, 5.41) is 17.4. The molecule has 0 radical (unpaired) electrons. The molecule has 0 aliphatic carbocycles. The number of allylic oxidation sites excluding steroid dienone is 1. The van der Waals surface area contributed by atoms with Gasteiger partial charge in [-0.15, -0.1) is 0 Å². The van der Waals surface area contributed by atoms with Crippen LogP contribution in [0.4, 0.5) is 0 Å². The summed E-state index contributed by atoms with van der Waals surface area (Å²) in [5.41, 5.74) is 3.24. The molecular weight excluding hydrogens is 268 g/mol. The molecule has 0 saturated carbocycles. The van der Waals surface area contributed by atoms with Crippen molar-refractivity contribution in [2.24, 2.45) is 0 Å². The Bertz CT molecular complexity index is 585. The summed E-state index contributed by atoms with van der Waals surface area (Å²) in [6.45, 7) is 1.38. The fourth-order valence-corrected chi connectivity index (χ4v) is 1.96. The molecule has 21 heavy (non-hydrogen) atoms. The predicted octanol–water partition coefficient (Wildman–Crippen LogP) is 2.90. The van der Waals surface area contributed by atoms with Crippen LogP contribution in [0, 0.1) is 0 Å². The summed E-state index contributed by atoms with van der Waals surface area (Å²) in [7, 11) is 0. The van der Waals surface area contributed by atoms with E-state index in [1.807, 2.05) is 55.5 Å². The normalized spacial score (nSPS) is 11.3. The Morgan fingerprint density at radius 2 is 1.33 bits per heavy atom. The molecule has 0 amide bonds. The minimum absolute atomic E-state index is 0.323. The van der Waals surface area contributed by atoms with Crippen molar-refractivity contribution in [3.05, 3.63) is 59.7 Å². The smallest absolute Gasteiger partial charge is 0.186 e. The molecule has 0 fully saturated rings. The van der Waals surface area contributed by atoms with Crippen LogP contribution >= 0.6 is 0 Å². The maximum absolute atomic E-state index is 8.69. The zero-order chi connectivity index (χ0) is 15.1. The number of benzene rings is 2. The summed E-state index contributed by atoms with van der Waals surface area (Å²) in [4.78, 5) is 0. The number of aliphatic hydroxyl groups excluding tert-OH is 2. The van der Waals surface area contributed by atoms with Gasteiger partial charge in [0.05, 0.1) is 0 Å². The lowest BCUT2D eigenvalue weighted by atomic mass is 10.0. The first-order valence-electron chi connectivity index (χ1n) is 6.59.